The van der Waals surface area contributed by atoms with Crippen molar-refractivity contribution in [2.75, 3.05) is 19.8 Å². The summed E-state index contributed by atoms with van der Waals surface area (Å²) < 4.78 is 6.06. The SMILES string of the molecule is CC(C)(C)CC(C)(C)NCC(O)COCC12CC3CC(CC(C3)C1)C2.Cl. The molecule has 1 unspecified atom stereocenters. The number of β-amino-alcohol motifs (C(OH)–C–C–N with tert-alkyl or cyclic N) is 1. The number of nitrogens with one attached hydrogen (secondary N) is 1. The highest BCUT2D eigenvalue weighted by atomic mass is 35.5. The summed E-state index contributed by atoms with van der Waals surface area (Å²) in [5, 5.41) is 13.9. The van der Waals surface area contributed by atoms with Crippen molar-refractivity contribution < 1.29 is 9.84 Å². The van der Waals surface area contributed by atoms with Gasteiger partial charge in [-0.3, -0.25) is 0 Å². The van der Waals surface area contributed by atoms with Gasteiger partial charge in [0.05, 0.1) is 19.3 Å². The molecular weight excluding hydrogens is 346 g/mol. The van der Waals surface area contributed by atoms with Gasteiger partial charge >= 0.3 is 0 Å². The van der Waals surface area contributed by atoms with Gasteiger partial charge in [0.1, 0.15) is 0 Å². The first-order valence-electron chi connectivity index (χ1n) is 10.6. The molecule has 0 aromatic carbocycles. The van der Waals surface area contributed by atoms with Gasteiger partial charge in [0.25, 0.3) is 0 Å². The van der Waals surface area contributed by atoms with E-state index >= 15 is 0 Å². The van der Waals surface area contributed by atoms with E-state index in [1.807, 2.05) is 0 Å². The van der Waals surface area contributed by atoms with Crippen molar-refractivity contribution in [1.29, 1.82) is 0 Å². The third kappa shape index (κ3) is 6.09. The van der Waals surface area contributed by atoms with Crippen molar-refractivity contribution in [3.8, 4) is 0 Å². The Labute approximate surface area is 167 Å². The molecule has 4 bridgehead atoms. The summed E-state index contributed by atoms with van der Waals surface area (Å²) in [6.07, 6.45) is 9.26. The molecule has 0 heterocycles. The van der Waals surface area contributed by atoms with Gasteiger partial charge in [-0.2, -0.15) is 0 Å². The Kier molecular flexibility index (Phi) is 7.14. The second-order valence-electron chi connectivity index (χ2n) is 11.6. The standard InChI is InChI=1S/C22H41NO2.ClH/c1-20(2,3)14-21(4,5)23-12-19(24)13-25-15-22-9-16-6-17(10-22)8-18(7-16)11-22;/h16-19,23-24H,6-15H2,1-5H3;1H. The minimum Gasteiger partial charge on any atom is -0.389 e. The average Bonchev–Trinajstić information content (AvgIpc) is 2.41. The molecule has 4 fully saturated rings. The van der Waals surface area contributed by atoms with Gasteiger partial charge in [-0.1, -0.05) is 20.8 Å². The zero-order chi connectivity index (χ0) is 18.3. The molecule has 0 aromatic heterocycles. The van der Waals surface area contributed by atoms with Gasteiger partial charge in [-0.05, 0) is 87.4 Å². The van der Waals surface area contributed by atoms with E-state index in [1.165, 1.54) is 38.5 Å². The molecular formula is C22H42ClNO2. The summed E-state index contributed by atoms with van der Waals surface area (Å²) in [6, 6.07) is 0. The summed E-state index contributed by atoms with van der Waals surface area (Å²) in [6.45, 7) is 13.2. The summed E-state index contributed by atoms with van der Waals surface area (Å²) in [5.41, 5.74) is 0.781. The molecule has 0 aromatic rings. The van der Waals surface area contributed by atoms with Crippen LogP contribution in [0.2, 0.25) is 0 Å². The molecule has 0 spiro atoms. The molecule has 26 heavy (non-hydrogen) atoms. The van der Waals surface area contributed by atoms with Crippen LogP contribution in [0.1, 0.15) is 79.6 Å². The smallest absolute Gasteiger partial charge is 0.0897 e. The van der Waals surface area contributed by atoms with Crippen molar-refractivity contribution in [2.24, 2.45) is 28.6 Å². The highest BCUT2D eigenvalue weighted by molar-refractivity contribution is 5.85. The summed E-state index contributed by atoms with van der Waals surface area (Å²) >= 11 is 0. The molecule has 4 heteroatoms. The van der Waals surface area contributed by atoms with Gasteiger partial charge in [-0.25, -0.2) is 0 Å². The first kappa shape index (κ1) is 22.5. The predicted molar refractivity (Wildman–Crippen MR) is 111 cm³/mol. The van der Waals surface area contributed by atoms with Gasteiger partial charge in [-0.15, -0.1) is 12.4 Å². The van der Waals surface area contributed by atoms with E-state index in [-0.39, 0.29) is 23.4 Å². The highest BCUT2D eigenvalue weighted by Gasteiger charge is 2.50. The number of hydrogen-bond donors (Lipinski definition) is 2. The molecule has 0 saturated heterocycles. The maximum Gasteiger partial charge on any atom is 0.0897 e. The van der Waals surface area contributed by atoms with Gasteiger partial charge in [0, 0.05) is 12.1 Å². The Bertz CT molecular complexity index is 422. The molecule has 4 aliphatic carbocycles. The molecule has 0 aliphatic heterocycles. The van der Waals surface area contributed by atoms with Gasteiger partial charge < -0.3 is 15.2 Å². The fourth-order valence-corrected chi connectivity index (χ4v) is 6.72. The van der Waals surface area contributed by atoms with Crippen LogP contribution in [0.4, 0.5) is 0 Å². The number of rotatable bonds is 8. The Balaban J connectivity index is 0.00000243. The Morgan fingerprint density at radius 2 is 1.50 bits per heavy atom. The quantitative estimate of drug-likeness (QED) is 0.628. The topological polar surface area (TPSA) is 41.5 Å². The maximum absolute atomic E-state index is 10.3. The lowest BCUT2D eigenvalue weighted by Crippen LogP contribution is -2.49. The third-order valence-corrected chi connectivity index (χ3v) is 6.67. The first-order valence-corrected chi connectivity index (χ1v) is 10.6. The highest BCUT2D eigenvalue weighted by Crippen LogP contribution is 2.60. The third-order valence-electron chi connectivity index (χ3n) is 6.67. The predicted octanol–water partition coefficient (Wildman–Crippen LogP) is 4.81. The molecule has 0 amide bonds. The van der Waals surface area contributed by atoms with Crippen molar-refractivity contribution in [3.05, 3.63) is 0 Å². The van der Waals surface area contributed by atoms with E-state index < -0.39 is 6.10 Å². The number of aliphatic hydroxyl groups is 1. The Hall–Kier alpha value is 0.170. The van der Waals surface area contributed by atoms with Crippen LogP contribution < -0.4 is 5.32 Å². The molecule has 1 atom stereocenters. The van der Waals surface area contributed by atoms with E-state index in [1.54, 1.807) is 0 Å². The zero-order valence-electron chi connectivity index (χ0n) is 17.6. The van der Waals surface area contributed by atoms with E-state index in [9.17, 15) is 5.11 Å². The van der Waals surface area contributed by atoms with Crippen LogP contribution >= 0.6 is 12.4 Å². The Morgan fingerprint density at radius 1 is 1.00 bits per heavy atom. The van der Waals surface area contributed by atoms with E-state index in [4.69, 9.17) is 4.74 Å². The van der Waals surface area contributed by atoms with Crippen LogP contribution in [0.3, 0.4) is 0 Å². The second kappa shape index (κ2) is 8.27. The zero-order valence-corrected chi connectivity index (χ0v) is 18.5. The van der Waals surface area contributed by atoms with Crippen LogP contribution in [0, 0.1) is 28.6 Å². The van der Waals surface area contributed by atoms with E-state index in [2.05, 4.69) is 39.9 Å². The van der Waals surface area contributed by atoms with E-state index in [0.717, 1.165) is 30.8 Å². The lowest BCUT2D eigenvalue weighted by atomic mass is 9.50. The minimum absolute atomic E-state index is 0. The number of hydrogen-bond acceptors (Lipinski definition) is 3. The van der Waals surface area contributed by atoms with Gasteiger partial charge in [0.15, 0.2) is 0 Å². The van der Waals surface area contributed by atoms with Crippen LogP contribution in [0.25, 0.3) is 0 Å². The fourth-order valence-electron chi connectivity index (χ4n) is 6.72. The first-order chi connectivity index (χ1) is 11.5. The van der Waals surface area contributed by atoms with Crippen LogP contribution in [0.15, 0.2) is 0 Å². The second-order valence-corrected chi connectivity index (χ2v) is 11.6. The normalized spacial score (nSPS) is 34.6. The van der Waals surface area contributed by atoms with Crippen molar-refractivity contribution >= 4 is 12.4 Å². The minimum atomic E-state index is -0.409. The fraction of sp³-hybridized carbons (Fsp3) is 1.00. The molecule has 154 valence electrons. The summed E-state index contributed by atoms with van der Waals surface area (Å²) in [4.78, 5) is 0. The van der Waals surface area contributed by atoms with E-state index in [0.29, 0.717) is 18.6 Å². The molecule has 0 radical (unpaired) electrons. The molecule has 2 N–H and O–H groups in total. The molecule has 4 saturated carbocycles. The van der Waals surface area contributed by atoms with Crippen molar-refractivity contribution in [1.82, 2.24) is 5.32 Å². The lowest BCUT2D eigenvalue weighted by Gasteiger charge is -2.56. The number of ether oxygens (including phenoxy) is 1. The summed E-state index contributed by atoms with van der Waals surface area (Å²) in [7, 11) is 0. The monoisotopic (exact) mass is 387 g/mol. The van der Waals surface area contributed by atoms with Crippen LogP contribution in [-0.2, 0) is 4.74 Å². The maximum atomic E-state index is 10.3. The van der Waals surface area contributed by atoms with Gasteiger partial charge in [0.2, 0.25) is 0 Å². The summed E-state index contributed by atoms with van der Waals surface area (Å²) in [5.74, 6) is 2.92. The molecule has 4 rings (SSSR count). The number of aliphatic hydroxyl groups excluding tert-OH is 1. The van der Waals surface area contributed by atoms with Crippen LogP contribution in [0.5, 0.6) is 0 Å². The van der Waals surface area contributed by atoms with Crippen LogP contribution in [-0.4, -0.2) is 36.5 Å². The van der Waals surface area contributed by atoms with Crippen molar-refractivity contribution in [3.63, 3.8) is 0 Å². The molecule has 4 aliphatic rings. The average molecular weight is 388 g/mol. The molecule has 3 nitrogen and oxygen atoms in total. The Morgan fingerprint density at radius 3 is 1.96 bits per heavy atom. The van der Waals surface area contributed by atoms with Crippen molar-refractivity contribution in [2.45, 2.75) is 91.2 Å². The number of halogens is 1. The largest absolute Gasteiger partial charge is 0.389 e. The lowest BCUT2D eigenvalue weighted by molar-refractivity contribution is -0.105.